The van der Waals surface area contributed by atoms with Gasteiger partial charge in [-0.05, 0) is 75.8 Å². The number of ether oxygens (including phenoxy) is 4. The van der Waals surface area contributed by atoms with Crippen LogP contribution in [0.3, 0.4) is 0 Å². The summed E-state index contributed by atoms with van der Waals surface area (Å²) in [5, 5.41) is 8.15. The standard InChI is InChI=1S/C30H43N3O8/c1-5-26(34)31-15-9-12-18-39-24-21-23(30(37)38-8-4)22-25(40-19-13-10-16-32-27(35)6-2)29(24)41-20-14-11-17-33-28(36)7-3/h5-7,21-22H,1-3,8-20H2,4H3,(H,31,34)(H,32,35)(H,33,36). The van der Waals surface area contributed by atoms with Gasteiger partial charge < -0.3 is 34.9 Å². The van der Waals surface area contributed by atoms with Gasteiger partial charge in [-0.15, -0.1) is 0 Å². The normalized spacial score (nSPS) is 10.1. The predicted molar refractivity (Wildman–Crippen MR) is 156 cm³/mol. The summed E-state index contributed by atoms with van der Waals surface area (Å²) >= 11 is 0. The van der Waals surface area contributed by atoms with Crippen LogP contribution in [0, 0.1) is 0 Å². The first-order valence-electron chi connectivity index (χ1n) is 13.8. The fraction of sp³-hybridized carbons (Fsp3) is 0.467. The van der Waals surface area contributed by atoms with Crippen LogP contribution in [0.5, 0.6) is 17.2 Å². The maximum atomic E-state index is 12.6. The molecule has 0 spiro atoms. The van der Waals surface area contributed by atoms with E-state index in [4.69, 9.17) is 18.9 Å². The van der Waals surface area contributed by atoms with E-state index in [9.17, 15) is 19.2 Å². The maximum Gasteiger partial charge on any atom is 0.338 e. The van der Waals surface area contributed by atoms with Crippen molar-refractivity contribution in [3.05, 3.63) is 55.7 Å². The van der Waals surface area contributed by atoms with Crippen molar-refractivity contribution in [1.29, 1.82) is 0 Å². The molecule has 0 heterocycles. The quantitative estimate of drug-likeness (QED) is 0.103. The Labute approximate surface area is 242 Å². The maximum absolute atomic E-state index is 12.6. The fourth-order valence-corrected chi connectivity index (χ4v) is 3.34. The van der Waals surface area contributed by atoms with Crippen LogP contribution in [0.2, 0.25) is 0 Å². The molecule has 0 aromatic heterocycles. The van der Waals surface area contributed by atoms with Crippen LogP contribution >= 0.6 is 0 Å². The molecular weight excluding hydrogens is 530 g/mol. The minimum atomic E-state index is -0.522. The number of hydrogen-bond acceptors (Lipinski definition) is 8. The number of carbonyl (C=O) groups excluding carboxylic acids is 4. The lowest BCUT2D eigenvalue weighted by atomic mass is 10.1. The van der Waals surface area contributed by atoms with Crippen molar-refractivity contribution >= 4 is 23.7 Å². The van der Waals surface area contributed by atoms with E-state index in [-0.39, 0.29) is 29.9 Å². The number of esters is 1. The number of hydrogen-bond donors (Lipinski definition) is 3. The second-order valence-corrected chi connectivity index (χ2v) is 8.67. The minimum Gasteiger partial charge on any atom is -0.490 e. The molecule has 1 rings (SSSR count). The molecule has 226 valence electrons. The topological polar surface area (TPSA) is 141 Å². The molecule has 1 aromatic rings. The van der Waals surface area contributed by atoms with Gasteiger partial charge in [0, 0.05) is 19.6 Å². The molecule has 0 aliphatic rings. The summed E-state index contributed by atoms with van der Waals surface area (Å²) in [5.41, 5.74) is 0.257. The Bertz CT molecular complexity index is 972. The van der Waals surface area contributed by atoms with Gasteiger partial charge in [0.05, 0.1) is 32.0 Å². The predicted octanol–water partition coefficient (Wildman–Crippen LogP) is 3.25. The molecule has 1 aromatic carbocycles. The molecule has 0 radical (unpaired) electrons. The van der Waals surface area contributed by atoms with Gasteiger partial charge in [-0.3, -0.25) is 14.4 Å². The van der Waals surface area contributed by atoms with Gasteiger partial charge in [0.2, 0.25) is 23.5 Å². The molecular formula is C30H43N3O8. The van der Waals surface area contributed by atoms with Crippen LogP contribution in [0.15, 0.2) is 50.1 Å². The van der Waals surface area contributed by atoms with Gasteiger partial charge in [0.1, 0.15) is 0 Å². The molecule has 3 amide bonds. The molecule has 41 heavy (non-hydrogen) atoms. The Kier molecular flexibility index (Phi) is 18.2. The zero-order valence-corrected chi connectivity index (χ0v) is 24.0. The molecule has 11 nitrogen and oxygen atoms in total. The van der Waals surface area contributed by atoms with Gasteiger partial charge in [-0.1, -0.05) is 19.7 Å². The van der Waals surface area contributed by atoms with Crippen LogP contribution in [0.25, 0.3) is 0 Å². The summed E-state index contributed by atoms with van der Waals surface area (Å²) in [7, 11) is 0. The smallest absolute Gasteiger partial charge is 0.338 e. The number of nitrogens with one attached hydrogen (secondary N) is 3. The molecule has 0 saturated heterocycles. The number of benzene rings is 1. The fourth-order valence-electron chi connectivity index (χ4n) is 3.34. The Morgan fingerprint density at radius 2 is 1.05 bits per heavy atom. The Morgan fingerprint density at radius 1 is 0.659 bits per heavy atom. The van der Waals surface area contributed by atoms with Crippen LogP contribution in [-0.4, -0.2) is 69.8 Å². The van der Waals surface area contributed by atoms with Crippen LogP contribution in [-0.2, 0) is 19.1 Å². The zero-order chi connectivity index (χ0) is 30.3. The lowest BCUT2D eigenvalue weighted by Crippen LogP contribution is -2.22. The van der Waals surface area contributed by atoms with Crippen molar-refractivity contribution in [3.8, 4) is 17.2 Å². The number of carbonyl (C=O) groups is 4. The van der Waals surface area contributed by atoms with E-state index in [0.29, 0.717) is 95.2 Å². The van der Waals surface area contributed by atoms with E-state index < -0.39 is 5.97 Å². The monoisotopic (exact) mass is 573 g/mol. The largest absolute Gasteiger partial charge is 0.490 e. The highest BCUT2D eigenvalue weighted by Gasteiger charge is 2.20. The van der Waals surface area contributed by atoms with Gasteiger partial charge in [0.25, 0.3) is 0 Å². The summed E-state index contributed by atoms with van der Waals surface area (Å²) in [5.74, 6) is -0.216. The molecule has 0 unspecified atom stereocenters. The summed E-state index contributed by atoms with van der Waals surface area (Å²) < 4.78 is 23.3. The zero-order valence-electron chi connectivity index (χ0n) is 24.0. The van der Waals surface area contributed by atoms with E-state index >= 15 is 0 Å². The van der Waals surface area contributed by atoms with Crippen molar-refractivity contribution < 1.29 is 38.1 Å². The molecule has 0 atom stereocenters. The Hall–Kier alpha value is -4.28. The molecule has 0 fully saturated rings. The van der Waals surface area contributed by atoms with Crippen LogP contribution < -0.4 is 30.2 Å². The van der Waals surface area contributed by atoms with Crippen LogP contribution in [0.1, 0.15) is 55.8 Å². The number of unbranched alkanes of at least 4 members (excludes halogenated alkanes) is 3. The molecule has 11 heteroatoms. The highest BCUT2D eigenvalue weighted by molar-refractivity contribution is 5.91. The van der Waals surface area contributed by atoms with Crippen molar-refractivity contribution in [2.24, 2.45) is 0 Å². The number of amides is 3. The molecule has 0 bridgehead atoms. The van der Waals surface area contributed by atoms with Gasteiger partial charge >= 0.3 is 5.97 Å². The first-order valence-corrected chi connectivity index (χ1v) is 13.8. The summed E-state index contributed by atoms with van der Waals surface area (Å²) in [4.78, 5) is 46.6. The Balaban J connectivity index is 2.97. The SMILES string of the molecule is C=CC(=O)NCCCCOc1cc(C(=O)OCC)cc(OCCCCNC(=O)C=C)c1OCCCCNC(=O)C=C. The van der Waals surface area contributed by atoms with E-state index in [1.807, 2.05) is 0 Å². The van der Waals surface area contributed by atoms with Crippen molar-refractivity contribution in [1.82, 2.24) is 16.0 Å². The van der Waals surface area contributed by atoms with E-state index in [1.165, 1.54) is 18.2 Å². The lowest BCUT2D eigenvalue weighted by molar-refractivity contribution is -0.117. The third kappa shape index (κ3) is 15.2. The Morgan fingerprint density at radius 3 is 1.41 bits per heavy atom. The molecule has 0 saturated carbocycles. The van der Waals surface area contributed by atoms with E-state index in [1.54, 1.807) is 19.1 Å². The summed E-state index contributed by atoms with van der Waals surface area (Å²) in [6.45, 7) is 14.6. The van der Waals surface area contributed by atoms with Crippen molar-refractivity contribution in [2.45, 2.75) is 45.4 Å². The number of rotatable bonds is 23. The van der Waals surface area contributed by atoms with E-state index in [0.717, 1.165) is 0 Å². The lowest BCUT2D eigenvalue weighted by Gasteiger charge is -2.19. The minimum absolute atomic E-state index is 0.207. The first-order chi connectivity index (χ1) is 19.9. The third-order valence-electron chi connectivity index (χ3n) is 5.46. The van der Waals surface area contributed by atoms with Crippen molar-refractivity contribution in [3.63, 3.8) is 0 Å². The highest BCUT2D eigenvalue weighted by atomic mass is 16.5. The van der Waals surface area contributed by atoms with Crippen molar-refractivity contribution in [2.75, 3.05) is 46.1 Å². The molecule has 0 aliphatic carbocycles. The van der Waals surface area contributed by atoms with Gasteiger partial charge in [-0.25, -0.2) is 4.79 Å². The molecule has 0 aliphatic heterocycles. The van der Waals surface area contributed by atoms with E-state index in [2.05, 4.69) is 35.7 Å². The van der Waals surface area contributed by atoms with Gasteiger partial charge in [-0.2, -0.15) is 0 Å². The average molecular weight is 574 g/mol. The molecule has 3 N–H and O–H groups in total. The van der Waals surface area contributed by atoms with Gasteiger partial charge in [0.15, 0.2) is 11.5 Å². The highest BCUT2D eigenvalue weighted by Crippen LogP contribution is 2.39. The van der Waals surface area contributed by atoms with Crippen LogP contribution in [0.4, 0.5) is 0 Å². The summed E-state index contributed by atoms with van der Waals surface area (Å²) in [6.07, 6.45) is 7.59. The second kappa shape index (κ2) is 21.5. The first kappa shape index (κ1) is 34.7. The average Bonchev–Trinajstić information content (AvgIpc) is 2.98. The third-order valence-corrected chi connectivity index (χ3v) is 5.46. The second-order valence-electron chi connectivity index (χ2n) is 8.67. The summed E-state index contributed by atoms with van der Waals surface area (Å²) in [6, 6.07) is 3.13.